The fourth-order valence-corrected chi connectivity index (χ4v) is 4.57. The molecule has 0 radical (unpaired) electrons. The van der Waals surface area contributed by atoms with Crippen LogP contribution in [-0.2, 0) is 16.0 Å². The van der Waals surface area contributed by atoms with Crippen LogP contribution < -0.4 is 15.0 Å². The summed E-state index contributed by atoms with van der Waals surface area (Å²) in [6, 6.07) is 22.7. The maximum Gasteiger partial charge on any atom is 0.247 e. The maximum atomic E-state index is 13.3. The van der Waals surface area contributed by atoms with Crippen molar-refractivity contribution in [3.8, 4) is 5.75 Å². The first-order valence-electron chi connectivity index (χ1n) is 10.8. The van der Waals surface area contributed by atoms with E-state index in [1.165, 1.54) is 36.0 Å². The van der Waals surface area contributed by atoms with Gasteiger partial charge in [-0.3, -0.25) is 14.6 Å². The van der Waals surface area contributed by atoms with Crippen LogP contribution in [-0.4, -0.2) is 35.9 Å². The Bertz CT molecular complexity index is 1170. The van der Waals surface area contributed by atoms with Gasteiger partial charge in [0.05, 0.1) is 12.8 Å². The number of imide groups is 1. The van der Waals surface area contributed by atoms with Crippen molar-refractivity contribution < 1.29 is 18.7 Å². The van der Waals surface area contributed by atoms with E-state index < -0.39 is 11.1 Å². The number of amidine groups is 1. The monoisotopic (exact) mass is 477 g/mol. The predicted molar refractivity (Wildman–Crippen MR) is 134 cm³/mol. The van der Waals surface area contributed by atoms with Crippen LogP contribution >= 0.6 is 11.8 Å². The number of carbonyl (C=O) groups is 2. The number of benzene rings is 3. The number of hydrogen-bond donors (Lipinski definition) is 1. The summed E-state index contributed by atoms with van der Waals surface area (Å²) in [5.41, 5.74) is 2.32. The third-order valence-corrected chi connectivity index (χ3v) is 6.39. The fraction of sp³-hybridized carbons (Fsp3) is 0.192. The molecule has 0 aliphatic carbocycles. The van der Waals surface area contributed by atoms with Gasteiger partial charge in [-0.2, -0.15) is 0 Å². The van der Waals surface area contributed by atoms with Crippen LogP contribution in [0, 0.1) is 5.82 Å². The lowest BCUT2D eigenvalue weighted by molar-refractivity contribution is -0.121. The second-order valence-electron chi connectivity index (χ2n) is 7.63. The zero-order valence-electron chi connectivity index (χ0n) is 18.6. The van der Waals surface area contributed by atoms with Crippen LogP contribution in [0.4, 0.5) is 15.8 Å². The van der Waals surface area contributed by atoms with Crippen molar-refractivity contribution in [3.63, 3.8) is 0 Å². The van der Waals surface area contributed by atoms with E-state index in [0.29, 0.717) is 23.8 Å². The van der Waals surface area contributed by atoms with Crippen molar-refractivity contribution in [1.29, 1.82) is 0 Å². The molecule has 1 N–H and O–H groups in total. The van der Waals surface area contributed by atoms with E-state index in [4.69, 9.17) is 9.73 Å². The van der Waals surface area contributed by atoms with Crippen molar-refractivity contribution >= 4 is 40.1 Å². The van der Waals surface area contributed by atoms with Gasteiger partial charge >= 0.3 is 0 Å². The minimum Gasteiger partial charge on any atom is -0.497 e. The molecule has 1 unspecified atom stereocenters. The molecular formula is C26H24FN3O3S. The molecule has 174 valence electrons. The van der Waals surface area contributed by atoms with E-state index in [0.717, 1.165) is 21.9 Å². The van der Waals surface area contributed by atoms with Gasteiger partial charge in [-0.25, -0.2) is 9.29 Å². The summed E-state index contributed by atoms with van der Waals surface area (Å²) in [5, 5.41) is 3.21. The Kier molecular flexibility index (Phi) is 7.59. The first-order valence-corrected chi connectivity index (χ1v) is 11.7. The SMILES string of the molecule is COc1ccc(CCN=C(Nc2ccccc2)SC2CC(=O)N(c3ccc(F)cc3)C2=O)cc1. The number of methoxy groups -OCH3 is 1. The Morgan fingerprint density at radius 3 is 2.44 bits per heavy atom. The van der Waals surface area contributed by atoms with E-state index in [-0.39, 0.29) is 18.2 Å². The lowest BCUT2D eigenvalue weighted by Gasteiger charge is -2.16. The number of halogens is 1. The highest BCUT2D eigenvalue weighted by Crippen LogP contribution is 2.31. The standard InChI is InChI=1S/C26H24FN3O3S/c1-33-22-13-7-18(8-14-22)15-16-28-26(29-20-5-3-2-4-6-20)34-23-17-24(31)30(25(23)32)21-11-9-19(27)10-12-21/h2-14,23H,15-17H2,1H3,(H,28,29). The molecule has 3 aromatic rings. The predicted octanol–water partition coefficient (Wildman–Crippen LogP) is 4.91. The molecule has 6 nitrogen and oxygen atoms in total. The molecule has 0 saturated carbocycles. The van der Waals surface area contributed by atoms with Crippen LogP contribution in [0.3, 0.4) is 0 Å². The molecule has 34 heavy (non-hydrogen) atoms. The minimum absolute atomic E-state index is 0.0504. The van der Waals surface area contributed by atoms with Gasteiger partial charge in [0.25, 0.3) is 0 Å². The molecule has 4 rings (SSSR count). The number of carbonyl (C=O) groups excluding carboxylic acids is 2. The third-order valence-electron chi connectivity index (χ3n) is 5.28. The highest BCUT2D eigenvalue weighted by molar-refractivity contribution is 8.15. The topological polar surface area (TPSA) is 71.0 Å². The average Bonchev–Trinajstić information content (AvgIpc) is 3.13. The van der Waals surface area contributed by atoms with Crippen molar-refractivity contribution in [1.82, 2.24) is 0 Å². The Balaban J connectivity index is 1.48. The molecule has 0 bridgehead atoms. The summed E-state index contributed by atoms with van der Waals surface area (Å²) >= 11 is 1.23. The van der Waals surface area contributed by atoms with E-state index in [9.17, 15) is 14.0 Å². The van der Waals surface area contributed by atoms with Crippen molar-refractivity contribution in [3.05, 3.63) is 90.2 Å². The van der Waals surface area contributed by atoms with Crippen molar-refractivity contribution in [2.24, 2.45) is 4.99 Å². The van der Waals surface area contributed by atoms with Gasteiger partial charge in [0.2, 0.25) is 11.8 Å². The van der Waals surface area contributed by atoms with Crippen LogP contribution in [0.5, 0.6) is 5.75 Å². The zero-order valence-corrected chi connectivity index (χ0v) is 19.4. The number of amides is 2. The number of ether oxygens (including phenoxy) is 1. The van der Waals surface area contributed by atoms with E-state index in [1.807, 2.05) is 54.6 Å². The molecule has 1 aliphatic rings. The van der Waals surface area contributed by atoms with Gasteiger partial charge in [0.1, 0.15) is 16.8 Å². The number of thioether (sulfide) groups is 1. The molecule has 3 aromatic carbocycles. The van der Waals surface area contributed by atoms with Crippen LogP contribution in [0.25, 0.3) is 0 Å². The maximum absolute atomic E-state index is 13.3. The largest absolute Gasteiger partial charge is 0.497 e. The van der Waals surface area contributed by atoms with Gasteiger partial charge in [-0.1, -0.05) is 42.1 Å². The second-order valence-corrected chi connectivity index (χ2v) is 8.82. The lowest BCUT2D eigenvalue weighted by Crippen LogP contribution is -2.31. The lowest BCUT2D eigenvalue weighted by atomic mass is 10.1. The third kappa shape index (κ3) is 5.82. The van der Waals surface area contributed by atoms with Gasteiger partial charge in [0, 0.05) is 18.7 Å². The molecule has 2 amide bonds. The molecule has 1 heterocycles. The summed E-state index contributed by atoms with van der Waals surface area (Å²) in [6.07, 6.45) is 0.763. The molecule has 0 spiro atoms. The number of hydrogen-bond acceptors (Lipinski definition) is 5. The summed E-state index contributed by atoms with van der Waals surface area (Å²) in [7, 11) is 1.63. The first kappa shape index (κ1) is 23.5. The van der Waals surface area contributed by atoms with Crippen molar-refractivity contribution in [2.45, 2.75) is 18.1 Å². The highest BCUT2D eigenvalue weighted by atomic mass is 32.2. The molecule has 0 aromatic heterocycles. The number of para-hydroxylation sites is 1. The van der Waals surface area contributed by atoms with Gasteiger partial charge in [-0.05, 0) is 60.5 Å². The second kappa shape index (κ2) is 11.0. The smallest absolute Gasteiger partial charge is 0.247 e. The summed E-state index contributed by atoms with van der Waals surface area (Å²) < 4.78 is 18.5. The molecular weight excluding hydrogens is 453 g/mol. The quantitative estimate of drug-likeness (QED) is 0.297. The molecule has 1 aliphatic heterocycles. The Morgan fingerprint density at radius 1 is 1.06 bits per heavy atom. The number of nitrogens with zero attached hydrogens (tertiary/aromatic N) is 2. The van der Waals surface area contributed by atoms with Gasteiger partial charge in [0.15, 0.2) is 5.17 Å². The minimum atomic E-state index is -0.617. The van der Waals surface area contributed by atoms with E-state index in [2.05, 4.69) is 5.32 Å². The van der Waals surface area contributed by atoms with Crippen LogP contribution in [0.2, 0.25) is 0 Å². The zero-order chi connectivity index (χ0) is 23.9. The Labute approximate surface area is 201 Å². The van der Waals surface area contributed by atoms with Crippen molar-refractivity contribution in [2.75, 3.05) is 23.9 Å². The molecule has 1 saturated heterocycles. The normalized spacial score (nSPS) is 16.1. The Hall–Kier alpha value is -3.65. The van der Waals surface area contributed by atoms with E-state index >= 15 is 0 Å². The number of rotatable bonds is 7. The Morgan fingerprint density at radius 2 is 1.76 bits per heavy atom. The molecule has 8 heteroatoms. The van der Waals surface area contributed by atoms with E-state index in [1.54, 1.807) is 7.11 Å². The first-order chi connectivity index (χ1) is 16.5. The molecule has 1 atom stereocenters. The van der Waals surface area contributed by atoms with Crippen LogP contribution in [0.1, 0.15) is 12.0 Å². The van der Waals surface area contributed by atoms with Crippen LogP contribution in [0.15, 0.2) is 83.9 Å². The number of anilines is 2. The average molecular weight is 478 g/mol. The molecule has 1 fully saturated rings. The fourth-order valence-electron chi connectivity index (χ4n) is 3.52. The number of aliphatic imine (C=N–C) groups is 1. The van der Waals surface area contributed by atoms with Gasteiger partial charge in [-0.15, -0.1) is 0 Å². The number of nitrogens with one attached hydrogen (secondary N) is 1. The summed E-state index contributed by atoms with van der Waals surface area (Å²) in [4.78, 5) is 31.5. The van der Waals surface area contributed by atoms with Gasteiger partial charge < -0.3 is 10.1 Å². The summed E-state index contributed by atoms with van der Waals surface area (Å²) in [5.74, 6) is -0.276. The summed E-state index contributed by atoms with van der Waals surface area (Å²) in [6.45, 7) is 0.505. The highest BCUT2D eigenvalue weighted by Gasteiger charge is 2.40.